The number of hydrogen-bond acceptors (Lipinski definition) is 5. The molecule has 7 heteroatoms. The van der Waals surface area contributed by atoms with Crippen LogP contribution in [0.5, 0.6) is 11.5 Å². The molecule has 2 fully saturated rings. The summed E-state index contributed by atoms with van der Waals surface area (Å²) in [5.41, 5.74) is 0.399. The number of hydrogen-bond donors (Lipinski definition) is 1. The van der Waals surface area contributed by atoms with Crippen LogP contribution in [0.25, 0.3) is 0 Å². The maximum absolute atomic E-state index is 11.1. The summed E-state index contributed by atoms with van der Waals surface area (Å²) in [6, 6.07) is 13.6. The molecule has 0 radical (unpaired) electrons. The predicted octanol–water partition coefficient (Wildman–Crippen LogP) is 6.04. The number of nitrogens with zero attached hydrogens (tertiary/aromatic N) is 2. The van der Waals surface area contributed by atoms with Crippen LogP contribution in [0, 0.1) is 0 Å². The molecule has 4 rings (SSSR count). The van der Waals surface area contributed by atoms with Gasteiger partial charge in [-0.1, -0.05) is 41.8 Å². The Morgan fingerprint density at radius 1 is 0.800 bits per heavy atom. The Morgan fingerprint density at radius 2 is 1.60 bits per heavy atom. The first-order valence-electron chi connectivity index (χ1n) is 13.0. The van der Waals surface area contributed by atoms with Crippen molar-refractivity contribution in [3.63, 3.8) is 0 Å². The van der Waals surface area contributed by atoms with Crippen LogP contribution in [-0.4, -0.2) is 66.4 Å². The van der Waals surface area contributed by atoms with Gasteiger partial charge in [-0.2, -0.15) is 0 Å². The minimum atomic E-state index is -0.847. The fourth-order valence-corrected chi connectivity index (χ4v) is 5.26. The number of piperidine rings is 1. The van der Waals surface area contributed by atoms with Gasteiger partial charge in [0.05, 0.1) is 22.3 Å². The maximum Gasteiger partial charge on any atom is 0.121 e. The largest absolute Gasteiger partial charge is 0.494 e. The van der Waals surface area contributed by atoms with E-state index in [-0.39, 0.29) is 6.61 Å². The first-order chi connectivity index (χ1) is 17.0. The number of benzene rings is 2. The second-order valence-electron chi connectivity index (χ2n) is 9.97. The molecular formula is C28H38Cl2N2O3. The molecule has 0 aliphatic carbocycles. The Hall–Kier alpha value is -1.50. The fourth-order valence-electron chi connectivity index (χ4n) is 4.97. The van der Waals surface area contributed by atoms with Crippen molar-refractivity contribution in [1.29, 1.82) is 0 Å². The van der Waals surface area contributed by atoms with E-state index in [1.807, 2.05) is 6.07 Å². The third-order valence-electron chi connectivity index (χ3n) is 7.05. The average Bonchev–Trinajstić information content (AvgIpc) is 3.05. The van der Waals surface area contributed by atoms with Crippen molar-refractivity contribution < 1.29 is 14.6 Å². The number of halogens is 2. The molecule has 5 nitrogen and oxygen atoms in total. The van der Waals surface area contributed by atoms with E-state index in [0.29, 0.717) is 28.6 Å². The van der Waals surface area contributed by atoms with E-state index in [1.54, 1.807) is 18.2 Å². The van der Waals surface area contributed by atoms with Crippen LogP contribution in [0.1, 0.15) is 50.5 Å². The Balaban J connectivity index is 1.21. The molecule has 0 unspecified atom stereocenters. The lowest BCUT2D eigenvalue weighted by Crippen LogP contribution is -2.37. The SMILES string of the molecule is O[C@@]1(COc2ccc(Cl)c(Cl)c2)CCCN(Cc2cccc(OCCCN3CCCCC3)c2)CC1. The van der Waals surface area contributed by atoms with E-state index in [0.717, 1.165) is 51.4 Å². The van der Waals surface area contributed by atoms with Gasteiger partial charge >= 0.3 is 0 Å². The zero-order valence-electron chi connectivity index (χ0n) is 20.6. The molecular weight excluding hydrogens is 483 g/mol. The van der Waals surface area contributed by atoms with Gasteiger partial charge in [-0.15, -0.1) is 0 Å². The van der Waals surface area contributed by atoms with Gasteiger partial charge in [-0.25, -0.2) is 0 Å². The molecule has 1 N–H and O–H groups in total. The van der Waals surface area contributed by atoms with Gasteiger partial charge in [0.15, 0.2) is 0 Å². The molecule has 2 aliphatic heterocycles. The molecule has 0 spiro atoms. The van der Waals surface area contributed by atoms with Crippen molar-refractivity contribution in [2.24, 2.45) is 0 Å². The van der Waals surface area contributed by atoms with Crippen molar-refractivity contribution in [2.45, 2.75) is 57.1 Å². The van der Waals surface area contributed by atoms with E-state index < -0.39 is 5.60 Å². The predicted molar refractivity (Wildman–Crippen MR) is 143 cm³/mol. The second-order valence-corrected chi connectivity index (χ2v) is 10.8. The van der Waals surface area contributed by atoms with E-state index in [4.69, 9.17) is 32.7 Å². The lowest BCUT2D eigenvalue weighted by atomic mass is 9.96. The minimum Gasteiger partial charge on any atom is -0.494 e. The molecule has 2 aliphatic rings. The van der Waals surface area contributed by atoms with Crippen LogP contribution in [0.15, 0.2) is 42.5 Å². The summed E-state index contributed by atoms with van der Waals surface area (Å²) in [6.07, 6.45) is 7.42. The topological polar surface area (TPSA) is 45.2 Å². The monoisotopic (exact) mass is 520 g/mol. The van der Waals surface area contributed by atoms with E-state index in [9.17, 15) is 5.11 Å². The van der Waals surface area contributed by atoms with E-state index >= 15 is 0 Å². The lowest BCUT2D eigenvalue weighted by Gasteiger charge is -2.27. The quantitative estimate of drug-likeness (QED) is 0.386. The molecule has 0 bridgehead atoms. The standard InChI is InChI=1S/C28H38Cl2N2O3/c29-26-10-9-25(20-27(26)30)35-22-28(33)11-5-15-32(17-12-28)21-23-7-4-8-24(19-23)34-18-6-16-31-13-2-1-3-14-31/h4,7-10,19-20,33H,1-3,5-6,11-18,21-22H2/t28-/m0/s1. The highest BCUT2D eigenvalue weighted by atomic mass is 35.5. The molecule has 0 amide bonds. The molecule has 2 aromatic carbocycles. The van der Waals surface area contributed by atoms with Crippen molar-refractivity contribution in [2.75, 3.05) is 45.9 Å². The summed E-state index contributed by atoms with van der Waals surface area (Å²) in [4.78, 5) is 4.96. The number of rotatable bonds is 10. The highest BCUT2D eigenvalue weighted by molar-refractivity contribution is 6.42. The van der Waals surface area contributed by atoms with Gasteiger partial charge in [0.25, 0.3) is 0 Å². The Bertz CT molecular complexity index is 938. The smallest absolute Gasteiger partial charge is 0.121 e. The maximum atomic E-state index is 11.1. The molecule has 192 valence electrons. The Labute approximate surface area is 219 Å². The van der Waals surface area contributed by atoms with E-state index in [1.165, 1.54) is 37.9 Å². The molecule has 35 heavy (non-hydrogen) atoms. The first-order valence-corrected chi connectivity index (χ1v) is 13.7. The lowest BCUT2D eigenvalue weighted by molar-refractivity contribution is -0.0168. The minimum absolute atomic E-state index is 0.250. The third kappa shape index (κ3) is 8.54. The molecule has 1 atom stereocenters. The van der Waals surface area contributed by atoms with Crippen LogP contribution >= 0.6 is 23.2 Å². The molecule has 0 aromatic heterocycles. The zero-order chi connectivity index (χ0) is 24.5. The molecule has 2 heterocycles. The molecule has 2 saturated heterocycles. The summed E-state index contributed by atoms with van der Waals surface area (Å²) in [7, 11) is 0. The highest BCUT2D eigenvalue weighted by Crippen LogP contribution is 2.29. The van der Waals surface area contributed by atoms with Crippen molar-refractivity contribution >= 4 is 23.2 Å². The van der Waals surface area contributed by atoms with Gasteiger partial charge in [0, 0.05) is 25.7 Å². The van der Waals surface area contributed by atoms with Gasteiger partial charge in [-0.3, -0.25) is 4.90 Å². The summed E-state index contributed by atoms with van der Waals surface area (Å²) in [6.45, 7) is 7.25. The third-order valence-corrected chi connectivity index (χ3v) is 7.79. The normalized spacial score (nSPS) is 22.0. The highest BCUT2D eigenvalue weighted by Gasteiger charge is 2.31. The Kier molecular flexibility index (Phi) is 9.99. The van der Waals surface area contributed by atoms with Gasteiger partial charge in [0.2, 0.25) is 0 Å². The van der Waals surface area contributed by atoms with Crippen LogP contribution in [-0.2, 0) is 6.54 Å². The number of ether oxygens (including phenoxy) is 2. The number of likely N-dealkylation sites (tertiary alicyclic amines) is 2. The van der Waals surface area contributed by atoms with Crippen LogP contribution < -0.4 is 9.47 Å². The van der Waals surface area contributed by atoms with Crippen molar-refractivity contribution in [3.05, 3.63) is 58.1 Å². The van der Waals surface area contributed by atoms with Gasteiger partial charge in [-0.05, 0) is 88.0 Å². The molecule has 0 saturated carbocycles. The summed E-state index contributed by atoms with van der Waals surface area (Å²) < 4.78 is 11.9. The second kappa shape index (κ2) is 13.2. The molecule has 2 aromatic rings. The van der Waals surface area contributed by atoms with E-state index in [2.05, 4.69) is 28.0 Å². The summed E-state index contributed by atoms with van der Waals surface area (Å²) in [5, 5.41) is 12.1. The summed E-state index contributed by atoms with van der Waals surface area (Å²) >= 11 is 12.1. The average molecular weight is 522 g/mol. The summed E-state index contributed by atoms with van der Waals surface area (Å²) in [5.74, 6) is 1.57. The van der Waals surface area contributed by atoms with Gasteiger partial charge < -0.3 is 19.5 Å². The fraction of sp³-hybridized carbons (Fsp3) is 0.571. The van der Waals surface area contributed by atoms with Crippen LogP contribution in [0.3, 0.4) is 0 Å². The van der Waals surface area contributed by atoms with Crippen molar-refractivity contribution in [3.8, 4) is 11.5 Å². The number of aliphatic hydroxyl groups is 1. The van der Waals surface area contributed by atoms with Gasteiger partial charge in [0.1, 0.15) is 18.1 Å². The first kappa shape index (κ1) is 26.6. The van der Waals surface area contributed by atoms with Crippen LogP contribution in [0.2, 0.25) is 10.0 Å². The zero-order valence-corrected chi connectivity index (χ0v) is 22.1. The van der Waals surface area contributed by atoms with Crippen molar-refractivity contribution in [1.82, 2.24) is 9.80 Å². The van der Waals surface area contributed by atoms with Crippen LogP contribution in [0.4, 0.5) is 0 Å². The Morgan fingerprint density at radius 3 is 2.43 bits per heavy atom.